The van der Waals surface area contributed by atoms with Crippen LogP contribution in [0.5, 0.6) is 0 Å². The number of urea groups is 1. The molecule has 2 N–H and O–H groups in total. The van der Waals surface area contributed by atoms with Crippen molar-refractivity contribution in [1.29, 1.82) is 0 Å². The molecule has 0 aliphatic carbocycles. The Morgan fingerprint density at radius 1 is 1.13 bits per heavy atom. The van der Waals surface area contributed by atoms with Gasteiger partial charge in [-0.3, -0.25) is 4.79 Å². The largest absolute Gasteiger partial charge is 0.328 e. The molecule has 1 fully saturated rings. The molecule has 160 valence electrons. The van der Waals surface area contributed by atoms with Crippen LogP contribution >= 0.6 is 0 Å². The molecule has 1 aliphatic heterocycles. The number of carbonyl (C=O) groups excluding carboxylic acids is 2. The Hall–Kier alpha value is -3.82. The molecule has 1 aromatic carbocycles. The molecule has 10 heteroatoms. The van der Waals surface area contributed by atoms with E-state index < -0.39 is 6.04 Å². The van der Waals surface area contributed by atoms with Gasteiger partial charge in [0.2, 0.25) is 5.91 Å². The normalized spacial score (nSPS) is 14.5. The Morgan fingerprint density at radius 2 is 1.90 bits per heavy atom. The van der Waals surface area contributed by atoms with Crippen LogP contribution in [-0.2, 0) is 4.79 Å². The SMILES string of the molecule is Cc1cc(C)c(N2CCCC2=O)cc1NC(=O)N[C@@H](C)c1ncnn1-c1ncccn1. The summed E-state index contributed by atoms with van der Waals surface area (Å²) in [6.07, 6.45) is 6.02. The van der Waals surface area contributed by atoms with Crippen LogP contribution in [-0.4, -0.2) is 43.2 Å². The van der Waals surface area contributed by atoms with Gasteiger partial charge in [0.05, 0.1) is 6.04 Å². The molecule has 0 radical (unpaired) electrons. The van der Waals surface area contributed by atoms with Crippen molar-refractivity contribution in [2.24, 2.45) is 0 Å². The third kappa shape index (κ3) is 4.23. The third-order valence-electron chi connectivity index (χ3n) is 5.21. The van der Waals surface area contributed by atoms with Crippen LogP contribution in [0.2, 0.25) is 0 Å². The molecule has 0 bridgehead atoms. The lowest BCUT2D eigenvalue weighted by Crippen LogP contribution is -2.33. The minimum absolute atomic E-state index is 0.110. The summed E-state index contributed by atoms with van der Waals surface area (Å²) in [6, 6.07) is 4.71. The van der Waals surface area contributed by atoms with Crippen LogP contribution in [0, 0.1) is 13.8 Å². The molecule has 3 heterocycles. The highest BCUT2D eigenvalue weighted by atomic mass is 16.2. The molecule has 0 spiro atoms. The fourth-order valence-electron chi connectivity index (χ4n) is 3.69. The van der Waals surface area contributed by atoms with Crippen LogP contribution in [0.1, 0.15) is 42.8 Å². The van der Waals surface area contributed by atoms with E-state index in [9.17, 15) is 9.59 Å². The second-order valence-corrected chi connectivity index (χ2v) is 7.50. The molecule has 3 aromatic rings. The van der Waals surface area contributed by atoms with Crippen molar-refractivity contribution in [3.05, 3.63) is 53.9 Å². The van der Waals surface area contributed by atoms with E-state index in [1.807, 2.05) is 26.0 Å². The van der Waals surface area contributed by atoms with E-state index in [-0.39, 0.29) is 11.9 Å². The summed E-state index contributed by atoms with van der Waals surface area (Å²) >= 11 is 0. The first-order chi connectivity index (χ1) is 14.9. The van der Waals surface area contributed by atoms with Crippen molar-refractivity contribution in [3.8, 4) is 5.95 Å². The number of hydrogen-bond acceptors (Lipinski definition) is 6. The summed E-state index contributed by atoms with van der Waals surface area (Å²) in [6.45, 7) is 6.39. The summed E-state index contributed by atoms with van der Waals surface area (Å²) in [5, 5.41) is 9.92. The Kier molecular flexibility index (Phi) is 5.61. The molecule has 10 nitrogen and oxygen atoms in total. The second kappa shape index (κ2) is 8.50. The van der Waals surface area contributed by atoms with Gasteiger partial charge in [0.15, 0.2) is 5.82 Å². The van der Waals surface area contributed by atoms with Crippen molar-refractivity contribution in [2.75, 3.05) is 16.8 Å². The van der Waals surface area contributed by atoms with Crippen LogP contribution < -0.4 is 15.5 Å². The predicted octanol–water partition coefficient (Wildman–Crippen LogP) is 2.68. The predicted molar refractivity (Wildman–Crippen MR) is 115 cm³/mol. The lowest BCUT2D eigenvalue weighted by molar-refractivity contribution is -0.117. The average Bonchev–Trinajstić information content (AvgIpc) is 3.40. The van der Waals surface area contributed by atoms with Gasteiger partial charge < -0.3 is 15.5 Å². The Labute approximate surface area is 179 Å². The fraction of sp³-hybridized carbons (Fsp3) is 0.333. The van der Waals surface area contributed by atoms with Crippen LogP contribution in [0.4, 0.5) is 16.2 Å². The van der Waals surface area contributed by atoms with Gasteiger partial charge in [-0.2, -0.15) is 9.78 Å². The number of aryl methyl sites for hydroxylation is 2. The molecule has 2 aromatic heterocycles. The zero-order chi connectivity index (χ0) is 22.0. The van der Waals surface area contributed by atoms with E-state index in [0.717, 1.165) is 23.2 Å². The lowest BCUT2D eigenvalue weighted by Gasteiger charge is -2.21. The monoisotopic (exact) mass is 420 g/mol. The number of rotatable bonds is 5. The Bertz CT molecular complexity index is 1110. The molecule has 31 heavy (non-hydrogen) atoms. The van der Waals surface area contributed by atoms with Gasteiger partial charge in [-0.1, -0.05) is 6.07 Å². The van der Waals surface area contributed by atoms with E-state index in [4.69, 9.17) is 0 Å². The number of amides is 3. The minimum atomic E-state index is -0.448. The molecule has 1 aliphatic rings. The number of benzene rings is 1. The molecule has 0 saturated carbocycles. The van der Waals surface area contributed by atoms with E-state index in [0.29, 0.717) is 30.4 Å². The summed E-state index contributed by atoms with van der Waals surface area (Å²) in [5.74, 6) is 0.988. The maximum atomic E-state index is 12.7. The molecule has 0 unspecified atom stereocenters. The number of aromatic nitrogens is 5. The highest BCUT2D eigenvalue weighted by Gasteiger charge is 2.24. The number of nitrogens with one attached hydrogen (secondary N) is 2. The second-order valence-electron chi connectivity index (χ2n) is 7.50. The van der Waals surface area contributed by atoms with Crippen molar-refractivity contribution < 1.29 is 9.59 Å². The van der Waals surface area contributed by atoms with Crippen LogP contribution in [0.3, 0.4) is 0 Å². The summed E-state index contributed by atoms with van der Waals surface area (Å²) in [7, 11) is 0. The van der Waals surface area contributed by atoms with Crippen molar-refractivity contribution >= 4 is 23.3 Å². The van der Waals surface area contributed by atoms with Gasteiger partial charge in [0.25, 0.3) is 5.95 Å². The van der Waals surface area contributed by atoms with Crippen LogP contribution in [0.15, 0.2) is 36.9 Å². The summed E-state index contributed by atoms with van der Waals surface area (Å²) < 4.78 is 1.49. The first-order valence-electron chi connectivity index (χ1n) is 10.1. The van der Waals surface area contributed by atoms with Gasteiger partial charge in [-0.15, -0.1) is 0 Å². The lowest BCUT2D eigenvalue weighted by atomic mass is 10.1. The number of carbonyl (C=O) groups is 2. The third-order valence-corrected chi connectivity index (χ3v) is 5.21. The van der Waals surface area contributed by atoms with E-state index in [1.165, 1.54) is 11.0 Å². The first kappa shape index (κ1) is 20.5. The molecule has 3 amide bonds. The number of nitrogens with zero attached hydrogens (tertiary/aromatic N) is 6. The van der Waals surface area contributed by atoms with Crippen molar-refractivity contribution in [1.82, 2.24) is 30.0 Å². The average molecular weight is 420 g/mol. The minimum Gasteiger partial charge on any atom is -0.328 e. The molecule has 4 rings (SSSR count). The summed E-state index contributed by atoms with van der Waals surface area (Å²) in [4.78, 5) is 39.2. The molecule has 1 atom stereocenters. The van der Waals surface area contributed by atoms with Gasteiger partial charge in [-0.25, -0.2) is 19.7 Å². The van der Waals surface area contributed by atoms with Gasteiger partial charge in [0, 0.05) is 36.7 Å². The maximum absolute atomic E-state index is 12.7. The Morgan fingerprint density at radius 3 is 2.61 bits per heavy atom. The Balaban J connectivity index is 1.50. The van der Waals surface area contributed by atoms with Crippen molar-refractivity contribution in [2.45, 2.75) is 39.7 Å². The fourth-order valence-corrected chi connectivity index (χ4v) is 3.69. The zero-order valence-corrected chi connectivity index (χ0v) is 17.7. The van der Waals surface area contributed by atoms with Gasteiger partial charge in [-0.05, 0) is 50.5 Å². The topological polar surface area (TPSA) is 118 Å². The zero-order valence-electron chi connectivity index (χ0n) is 17.7. The molecular formula is C21H24N8O2. The molecular weight excluding hydrogens is 396 g/mol. The first-order valence-corrected chi connectivity index (χ1v) is 10.1. The quantitative estimate of drug-likeness (QED) is 0.655. The highest BCUT2D eigenvalue weighted by molar-refractivity contribution is 5.98. The smallest absolute Gasteiger partial charge is 0.319 e. The van der Waals surface area contributed by atoms with E-state index in [1.54, 1.807) is 30.3 Å². The molecule has 1 saturated heterocycles. The highest BCUT2D eigenvalue weighted by Crippen LogP contribution is 2.30. The number of hydrogen-bond donors (Lipinski definition) is 2. The van der Waals surface area contributed by atoms with E-state index >= 15 is 0 Å². The van der Waals surface area contributed by atoms with Gasteiger partial charge >= 0.3 is 6.03 Å². The maximum Gasteiger partial charge on any atom is 0.319 e. The van der Waals surface area contributed by atoms with Gasteiger partial charge in [0.1, 0.15) is 6.33 Å². The van der Waals surface area contributed by atoms with Crippen LogP contribution in [0.25, 0.3) is 5.95 Å². The summed E-state index contributed by atoms with van der Waals surface area (Å²) in [5.41, 5.74) is 3.40. The van der Waals surface area contributed by atoms with E-state index in [2.05, 4.69) is 30.7 Å². The number of anilines is 2. The van der Waals surface area contributed by atoms with Crippen molar-refractivity contribution in [3.63, 3.8) is 0 Å². The standard InChI is InChI=1S/C21H24N8O2/c1-13-10-14(2)17(28-9-4-6-18(28)30)11-16(13)27-21(31)26-15(3)19-24-12-25-29(19)20-22-7-5-8-23-20/h5,7-8,10-12,15H,4,6,9H2,1-3H3,(H2,26,27,31)/t15-/m0/s1.